The van der Waals surface area contributed by atoms with Crippen molar-refractivity contribution in [3.05, 3.63) is 65.2 Å². The van der Waals surface area contributed by atoms with E-state index in [4.69, 9.17) is 4.74 Å². The van der Waals surface area contributed by atoms with E-state index in [0.717, 1.165) is 23.2 Å². The summed E-state index contributed by atoms with van der Waals surface area (Å²) in [7, 11) is 1.37. The van der Waals surface area contributed by atoms with Crippen LogP contribution in [0.4, 0.5) is 5.69 Å². The number of ether oxygens (including phenoxy) is 1. The van der Waals surface area contributed by atoms with E-state index in [0.29, 0.717) is 12.1 Å². The Hall–Kier alpha value is -2.62. The summed E-state index contributed by atoms with van der Waals surface area (Å²) in [6, 6.07) is 15.2. The molecule has 0 saturated heterocycles. The van der Waals surface area contributed by atoms with Gasteiger partial charge in [0.15, 0.2) is 0 Å². The van der Waals surface area contributed by atoms with Crippen LogP contribution in [0.5, 0.6) is 0 Å². The number of fused-ring (bicyclic) bond motifs is 1. The Balaban J connectivity index is 1.91. The standard InChI is InChI=1S/C20H21NO3/c1-20(2,16-7-5-4-6-8-16)19(23)21-12-11-14-13-15(18(22)24-3)9-10-17(14)21/h4-10,13H,11-12H2,1-3H3. The molecule has 1 aliphatic heterocycles. The van der Waals surface area contributed by atoms with E-state index in [1.807, 2.05) is 61.2 Å². The Morgan fingerprint density at radius 2 is 1.79 bits per heavy atom. The lowest BCUT2D eigenvalue weighted by molar-refractivity contribution is -0.122. The number of nitrogens with zero attached hydrogens (tertiary/aromatic N) is 1. The van der Waals surface area contributed by atoms with Crippen LogP contribution >= 0.6 is 0 Å². The molecule has 2 aromatic rings. The summed E-state index contributed by atoms with van der Waals surface area (Å²) in [6.07, 6.45) is 0.747. The van der Waals surface area contributed by atoms with E-state index < -0.39 is 5.41 Å². The van der Waals surface area contributed by atoms with Gasteiger partial charge in [0, 0.05) is 12.2 Å². The van der Waals surface area contributed by atoms with Crippen molar-refractivity contribution in [3.63, 3.8) is 0 Å². The van der Waals surface area contributed by atoms with Crippen LogP contribution in [-0.4, -0.2) is 25.5 Å². The van der Waals surface area contributed by atoms with E-state index >= 15 is 0 Å². The number of methoxy groups -OCH3 is 1. The zero-order valence-corrected chi connectivity index (χ0v) is 14.2. The molecule has 0 fully saturated rings. The summed E-state index contributed by atoms with van der Waals surface area (Å²) in [5, 5.41) is 0. The molecular weight excluding hydrogens is 302 g/mol. The molecular formula is C20H21NO3. The van der Waals surface area contributed by atoms with Crippen molar-refractivity contribution in [1.82, 2.24) is 0 Å². The number of carbonyl (C=O) groups is 2. The largest absolute Gasteiger partial charge is 0.465 e. The number of carbonyl (C=O) groups excluding carboxylic acids is 2. The highest BCUT2D eigenvalue weighted by molar-refractivity contribution is 6.02. The normalized spacial score (nSPS) is 13.5. The Kier molecular flexibility index (Phi) is 4.14. The van der Waals surface area contributed by atoms with Crippen molar-refractivity contribution in [3.8, 4) is 0 Å². The molecule has 2 aromatic carbocycles. The number of hydrogen-bond acceptors (Lipinski definition) is 3. The first-order valence-corrected chi connectivity index (χ1v) is 8.04. The van der Waals surface area contributed by atoms with Crippen LogP contribution in [0.1, 0.15) is 35.3 Å². The average molecular weight is 323 g/mol. The zero-order chi connectivity index (χ0) is 17.3. The van der Waals surface area contributed by atoms with E-state index in [9.17, 15) is 9.59 Å². The smallest absolute Gasteiger partial charge is 0.337 e. The van der Waals surface area contributed by atoms with Gasteiger partial charge >= 0.3 is 5.97 Å². The second kappa shape index (κ2) is 6.11. The van der Waals surface area contributed by atoms with Crippen molar-refractivity contribution < 1.29 is 14.3 Å². The number of benzene rings is 2. The summed E-state index contributed by atoms with van der Waals surface area (Å²) in [5.74, 6) is -0.287. The van der Waals surface area contributed by atoms with Gasteiger partial charge in [0.05, 0.1) is 18.1 Å². The maximum atomic E-state index is 13.1. The fraction of sp³-hybridized carbons (Fsp3) is 0.300. The molecule has 0 spiro atoms. The van der Waals surface area contributed by atoms with Gasteiger partial charge in [-0.3, -0.25) is 4.79 Å². The van der Waals surface area contributed by atoms with Crippen LogP contribution in [0.15, 0.2) is 48.5 Å². The maximum Gasteiger partial charge on any atom is 0.337 e. The highest BCUT2D eigenvalue weighted by atomic mass is 16.5. The molecule has 0 aromatic heterocycles. The van der Waals surface area contributed by atoms with Gasteiger partial charge in [-0.05, 0) is 49.6 Å². The predicted molar refractivity (Wildman–Crippen MR) is 93.3 cm³/mol. The van der Waals surface area contributed by atoms with E-state index in [1.165, 1.54) is 7.11 Å². The molecule has 4 nitrogen and oxygen atoms in total. The van der Waals surface area contributed by atoms with Gasteiger partial charge in [0.2, 0.25) is 5.91 Å². The molecule has 0 saturated carbocycles. The molecule has 0 atom stereocenters. The Morgan fingerprint density at radius 3 is 2.46 bits per heavy atom. The highest BCUT2D eigenvalue weighted by Gasteiger charge is 2.37. The third kappa shape index (κ3) is 2.68. The van der Waals surface area contributed by atoms with Gasteiger partial charge in [-0.25, -0.2) is 4.79 Å². The third-order valence-electron chi connectivity index (χ3n) is 4.67. The summed E-state index contributed by atoms with van der Waals surface area (Å²) in [4.78, 5) is 26.6. The quantitative estimate of drug-likeness (QED) is 0.814. The van der Waals surface area contributed by atoms with Gasteiger partial charge in [-0.2, -0.15) is 0 Å². The Bertz CT molecular complexity index is 781. The van der Waals surface area contributed by atoms with Crippen LogP contribution in [0.2, 0.25) is 0 Å². The van der Waals surface area contributed by atoms with Gasteiger partial charge in [-0.15, -0.1) is 0 Å². The summed E-state index contributed by atoms with van der Waals surface area (Å²) in [6.45, 7) is 4.53. The van der Waals surface area contributed by atoms with E-state index in [-0.39, 0.29) is 11.9 Å². The first kappa shape index (κ1) is 16.2. The Morgan fingerprint density at radius 1 is 1.08 bits per heavy atom. The molecule has 4 heteroatoms. The van der Waals surface area contributed by atoms with Crippen LogP contribution in [0.25, 0.3) is 0 Å². The minimum atomic E-state index is -0.607. The lowest BCUT2D eigenvalue weighted by Gasteiger charge is -2.30. The summed E-state index contributed by atoms with van der Waals surface area (Å²) in [5.41, 5.74) is 2.80. The SMILES string of the molecule is COC(=O)c1ccc2c(c1)CCN2C(=O)C(C)(C)c1ccccc1. The molecule has 124 valence electrons. The van der Waals surface area contributed by atoms with Crippen molar-refractivity contribution in [2.75, 3.05) is 18.6 Å². The van der Waals surface area contributed by atoms with Gasteiger partial charge in [0.25, 0.3) is 0 Å². The molecule has 0 N–H and O–H groups in total. The van der Waals surface area contributed by atoms with Crippen LogP contribution in [0, 0.1) is 0 Å². The number of anilines is 1. The number of esters is 1. The van der Waals surface area contributed by atoms with Crippen molar-refractivity contribution in [2.45, 2.75) is 25.7 Å². The minimum absolute atomic E-state index is 0.0678. The van der Waals surface area contributed by atoms with Gasteiger partial charge < -0.3 is 9.64 Å². The van der Waals surface area contributed by atoms with E-state index in [2.05, 4.69) is 0 Å². The lowest BCUT2D eigenvalue weighted by Crippen LogP contribution is -2.42. The van der Waals surface area contributed by atoms with Gasteiger partial charge in [-0.1, -0.05) is 30.3 Å². The molecule has 3 rings (SSSR count). The zero-order valence-electron chi connectivity index (χ0n) is 14.2. The fourth-order valence-corrected chi connectivity index (χ4v) is 3.17. The minimum Gasteiger partial charge on any atom is -0.465 e. The molecule has 24 heavy (non-hydrogen) atoms. The molecule has 1 amide bonds. The molecule has 0 unspecified atom stereocenters. The summed E-state index contributed by atoms with van der Waals surface area (Å²) >= 11 is 0. The van der Waals surface area contributed by atoms with Crippen LogP contribution < -0.4 is 4.90 Å². The van der Waals surface area contributed by atoms with Crippen molar-refractivity contribution in [1.29, 1.82) is 0 Å². The topological polar surface area (TPSA) is 46.6 Å². The Labute approximate surface area is 142 Å². The third-order valence-corrected chi connectivity index (χ3v) is 4.67. The first-order valence-electron chi connectivity index (χ1n) is 8.04. The van der Waals surface area contributed by atoms with Crippen LogP contribution in [-0.2, 0) is 21.4 Å². The molecule has 0 radical (unpaired) electrons. The average Bonchev–Trinajstić information content (AvgIpc) is 3.04. The molecule has 1 aliphatic rings. The second-order valence-electron chi connectivity index (χ2n) is 6.53. The molecule has 0 bridgehead atoms. The maximum absolute atomic E-state index is 13.1. The number of amides is 1. The number of hydrogen-bond donors (Lipinski definition) is 0. The fourth-order valence-electron chi connectivity index (χ4n) is 3.17. The van der Waals surface area contributed by atoms with E-state index in [1.54, 1.807) is 6.07 Å². The first-order chi connectivity index (χ1) is 11.4. The van der Waals surface area contributed by atoms with Crippen molar-refractivity contribution in [2.24, 2.45) is 0 Å². The van der Waals surface area contributed by atoms with Crippen molar-refractivity contribution >= 4 is 17.6 Å². The second-order valence-corrected chi connectivity index (χ2v) is 6.53. The lowest BCUT2D eigenvalue weighted by atomic mass is 9.83. The predicted octanol–water partition coefficient (Wildman–Crippen LogP) is 3.34. The molecule has 0 aliphatic carbocycles. The van der Waals surface area contributed by atoms with Crippen LogP contribution in [0.3, 0.4) is 0 Å². The monoisotopic (exact) mass is 323 g/mol. The number of rotatable bonds is 3. The van der Waals surface area contributed by atoms with Gasteiger partial charge in [0.1, 0.15) is 0 Å². The summed E-state index contributed by atoms with van der Waals surface area (Å²) < 4.78 is 4.76. The molecule has 1 heterocycles. The highest BCUT2D eigenvalue weighted by Crippen LogP contribution is 2.34.